The number of para-hydroxylation sites is 1. The number of nitrogens with zero attached hydrogens (tertiary/aromatic N) is 4. The van der Waals surface area contributed by atoms with Gasteiger partial charge in [-0.2, -0.15) is 0 Å². The monoisotopic (exact) mass is 363 g/mol. The van der Waals surface area contributed by atoms with Crippen LogP contribution in [0.15, 0.2) is 40.8 Å². The molecular formula is C17H22FN5OS. The van der Waals surface area contributed by atoms with Crippen LogP contribution in [0, 0.1) is 5.82 Å². The van der Waals surface area contributed by atoms with Gasteiger partial charge in [0.15, 0.2) is 22.7 Å². The summed E-state index contributed by atoms with van der Waals surface area (Å²) in [4.78, 5) is 13.0. The van der Waals surface area contributed by atoms with Gasteiger partial charge in [0.2, 0.25) is 0 Å². The molecule has 8 heteroatoms. The first-order valence-electron chi connectivity index (χ1n) is 8.24. The first-order valence-corrected chi connectivity index (χ1v) is 9.12. The van der Waals surface area contributed by atoms with Crippen LogP contribution in [-0.4, -0.2) is 54.7 Å². The number of aromatic nitrogens is 1. The van der Waals surface area contributed by atoms with Crippen LogP contribution in [0.1, 0.15) is 6.92 Å². The second-order valence-electron chi connectivity index (χ2n) is 5.85. The molecule has 1 aromatic carbocycles. The number of hydrogen-bond acceptors (Lipinski definition) is 5. The summed E-state index contributed by atoms with van der Waals surface area (Å²) in [5.74, 6) is 0.369. The van der Waals surface area contributed by atoms with Gasteiger partial charge >= 0.3 is 0 Å². The molecule has 1 aromatic heterocycles. The summed E-state index contributed by atoms with van der Waals surface area (Å²) < 4.78 is 19.2. The van der Waals surface area contributed by atoms with Crippen molar-refractivity contribution in [3.63, 3.8) is 0 Å². The van der Waals surface area contributed by atoms with Crippen LogP contribution >= 0.6 is 11.3 Å². The minimum absolute atomic E-state index is 0.237. The first-order chi connectivity index (χ1) is 12.1. The molecule has 6 nitrogen and oxygen atoms in total. The fourth-order valence-corrected chi connectivity index (χ4v) is 3.31. The van der Waals surface area contributed by atoms with Gasteiger partial charge in [-0.3, -0.25) is 0 Å². The number of piperazine rings is 1. The summed E-state index contributed by atoms with van der Waals surface area (Å²) in [5.41, 5.74) is 6.10. The van der Waals surface area contributed by atoms with Crippen molar-refractivity contribution in [2.24, 2.45) is 10.7 Å². The minimum Gasteiger partial charge on any atom is -0.486 e. The normalized spacial score (nSPS) is 16.8. The Hall–Kier alpha value is -2.35. The molecule has 2 N–H and O–H groups in total. The summed E-state index contributed by atoms with van der Waals surface area (Å²) >= 11 is 1.64. The van der Waals surface area contributed by atoms with Gasteiger partial charge in [0.1, 0.15) is 6.10 Å². The van der Waals surface area contributed by atoms with Crippen molar-refractivity contribution < 1.29 is 9.13 Å². The number of rotatable bonds is 5. The van der Waals surface area contributed by atoms with E-state index in [1.165, 1.54) is 6.07 Å². The third kappa shape index (κ3) is 4.60. The highest BCUT2D eigenvalue weighted by atomic mass is 32.1. The molecule has 2 aromatic rings. The molecular weight excluding hydrogens is 341 g/mol. The molecule has 0 bridgehead atoms. The zero-order chi connectivity index (χ0) is 17.6. The molecule has 134 valence electrons. The number of guanidine groups is 1. The zero-order valence-corrected chi connectivity index (χ0v) is 15.0. The first kappa shape index (κ1) is 17.5. The number of ether oxygens (including phenoxy) is 1. The number of thiazole rings is 1. The smallest absolute Gasteiger partial charge is 0.191 e. The SMILES string of the molecule is CC(CN=C(N)N1CCN(c2nccs2)CC1)Oc1ccccc1F. The van der Waals surface area contributed by atoms with E-state index in [4.69, 9.17) is 10.5 Å². The van der Waals surface area contributed by atoms with Gasteiger partial charge in [0, 0.05) is 37.8 Å². The lowest BCUT2D eigenvalue weighted by atomic mass is 10.3. The van der Waals surface area contributed by atoms with E-state index in [9.17, 15) is 4.39 Å². The maximum Gasteiger partial charge on any atom is 0.191 e. The maximum absolute atomic E-state index is 13.6. The number of hydrogen-bond donors (Lipinski definition) is 1. The lowest BCUT2D eigenvalue weighted by Gasteiger charge is -2.35. The number of anilines is 1. The maximum atomic E-state index is 13.6. The molecule has 0 radical (unpaired) electrons. The van der Waals surface area contributed by atoms with Crippen LogP contribution < -0.4 is 15.4 Å². The second-order valence-corrected chi connectivity index (χ2v) is 6.72. The van der Waals surface area contributed by atoms with E-state index in [2.05, 4.69) is 19.8 Å². The van der Waals surface area contributed by atoms with Crippen LogP contribution in [0.25, 0.3) is 0 Å². The average Bonchev–Trinajstić information content (AvgIpc) is 3.16. The van der Waals surface area contributed by atoms with Crippen molar-refractivity contribution in [3.05, 3.63) is 41.7 Å². The summed E-state index contributed by atoms with van der Waals surface area (Å²) in [7, 11) is 0. The lowest BCUT2D eigenvalue weighted by molar-refractivity contribution is 0.219. The van der Waals surface area contributed by atoms with Crippen LogP contribution in [0.2, 0.25) is 0 Å². The Bertz CT molecular complexity index is 701. The Kier molecular flexibility index (Phi) is 5.70. The second kappa shape index (κ2) is 8.15. The Morgan fingerprint density at radius 3 is 2.80 bits per heavy atom. The highest BCUT2D eigenvalue weighted by Crippen LogP contribution is 2.19. The van der Waals surface area contributed by atoms with Gasteiger partial charge < -0.3 is 20.3 Å². The Balaban J connectivity index is 1.48. The molecule has 3 rings (SSSR count). The van der Waals surface area contributed by atoms with Crippen LogP contribution in [-0.2, 0) is 0 Å². The number of benzene rings is 1. The van der Waals surface area contributed by atoms with E-state index in [1.54, 1.807) is 29.5 Å². The van der Waals surface area contributed by atoms with Crippen molar-refractivity contribution in [1.82, 2.24) is 9.88 Å². The van der Waals surface area contributed by atoms with Gasteiger partial charge in [-0.1, -0.05) is 12.1 Å². The lowest BCUT2D eigenvalue weighted by Crippen LogP contribution is -2.51. The predicted molar refractivity (Wildman–Crippen MR) is 98.9 cm³/mol. The third-order valence-corrected chi connectivity index (χ3v) is 4.80. The largest absolute Gasteiger partial charge is 0.486 e. The molecule has 1 saturated heterocycles. The van der Waals surface area contributed by atoms with Crippen molar-refractivity contribution in [2.75, 3.05) is 37.6 Å². The van der Waals surface area contributed by atoms with Gasteiger partial charge in [0.25, 0.3) is 0 Å². The molecule has 1 fully saturated rings. The highest BCUT2D eigenvalue weighted by molar-refractivity contribution is 7.13. The van der Waals surface area contributed by atoms with Crippen LogP contribution in [0.3, 0.4) is 0 Å². The number of aliphatic imine (C=N–C) groups is 1. The van der Waals surface area contributed by atoms with Crippen molar-refractivity contribution in [1.29, 1.82) is 0 Å². The molecule has 1 atom stereocenters. The summed E-state index contributed by atoms with van der Waals surface area (Å²) in [6.07, 6.45) is 1.56. The fourth-order valence-electron chi connectivity index (χ4n) is 2.62. The molecule has 0 aliphatic carbocycles. The van der Waals surface area contributed by atoms with Gasteiger partial charge in [-0.25, -0.2) is 14.4 Å². The van der Waals surface area contributed by atoms with Crippen LogP contribution in [0.4, 0.5) is 9.52 Å². The molecule has 0 saturated carbocycles. The quantitative estimate of drug-likeness (QED) is 0.652. The van der Waals surface area contributed by atoms with Crippen LogP contribution in [0.5, 0.6) is 5.75 Å². The molecule has 1 aliphatic heterocycles. The van der Waals surface area contributed by atoms with Crippen molar-refractivity contribution in [3.8, 4) is 5.75 Å². The highest BCUT2D eigenvalue weighted by Gasteiger charge is 2.20. The molecule has 0 amide bonds. The summed E-state index contributed by atoms with van der Waals surface area (Å²) in [6, 6.07) is 6.36. The molecule has 1 aliphatic rings. The molecule has 0 spiro atoms. The van der Waals surface area contributed by atoms with E-state index in [1.807, 2.05) is 18.5 Å². The van der Waals surface area contributed by atoms with E-state index >= 15 is 0 Å². The summed E-state index contributed by atoms with van der Waals surface area (Å²) in [6.45, 7) is 5.57. The predicted octanol–water partition coefficient (Wildman–Crippen LogP) is 2.19. The Labute approximate surface area is 150 Å². The van der Waals surface area contributed by atoms with E-state index < -0.39 is 0 Å². The average molecular weight is 363 g/mol. The topological polar surface area (TPSA) is 67.0 Å². The number of halogens is 1. The molecule has 2 heterocycles. The van der Waals surface area contributed by atoms with E-state index in [0.29, 0.717) is 12.5 Å². The van der Waals surface area contributed by atoms with Crippen molar-refractivity contribution in [2.45, 2.75) is 13.0 Å². The standard InChI is InChI=1S/C17H22FN5OS/c1-13(24-15-5-3-2-4-14(15)18)12-21-16(19)22-7-9-23(10-8-22)17-20-6-11-25-17/h2-6,11,13H,7-10,12H2,1H3,(H2,19,21). The van der Waals surface area contributed by atoms with E-state index in [0.717, 1.165) is 31.3 Å². The fraction of sp³-hybridized carbons (Fsp3) is 0.412. The minimum atomic E-state index is -0.371. The van der Waals surface area contributed by atoms with Crippen molar-refractivity contribution >= 4 is 22.4 Å². The van der Waals surface area contributed by atoms with Gasteiger partial charge in [-0.15, -0.1) is 11.3 Å². The Morgan fingerprint density at radius 2 is 2.12 bits per heavy atom. The third-order valence-electron chi connectivity index (χ3n) is 3.97. The summed E-state index contributed by atoms with van der Waals surface area (Å²) in [5, 5.41) is 3.02. The zero-order valence-electron chi connectivity index (χ0n) is 14.1. The molecule has 25 heavy (non-hydrogen) atoms. The molecule has 1 unspecified atom stereocenters. The Morgan fingerprint density at radius 1 is 1.36 bits per heavy atom. The van der Waals surface area contributed by atoms with E-state index in [-0.39, 0.29) is 17.7 Å². The number of nitrogens with two attached hydrogens (primary N) is 1. The van der Waals surface area contributed by atoms with Gasteiger partial charge in [-0.05, 0) is 19.1 Å². The van der Waals surface area contributed by atoms with Gasteiger partial charge in [0.05, 0.1) is 6.54 Å².